The number of nitrogens with one attached hydrogen (secondary N) is 1. The van der Waals surface area contributed by atoms with Gasteiger partial charge in [-0.2, -0.15) is 0 Å². The van der Waals surface area contributed by atoms with E-state index in [0.29, 0.717) is 16.7 Å². The van der Waals surface area contributed by atoms with Crippen LogP contribution >= 0.6 is 23.4 Å². The second kappa shape index (κ2) is 5.40. The number of hydrogen-bond acceptors (Lipinski definition) is 6. The molecule has 0 aromatic carbocycles. The van der Waals surface area contributed by atoms with Crippen molar-refractivity contribution in [2.45, 2.75) is 30.1 Å². The van der Waals surface area contributed by atoms with E-state index < -0.39 is 0 Å². The summed E-state index contributed by atoms with van der Waals surface area (Å²) >= 11 is 7.16. The van der Waals surface area contributed by atoms with Gasteiger partial charge in [-0.25, -0.2) is 19.9 Å². The minimum Gasteiger partial charge on any atom is -0.382 e. The molecule has 0 fully saturated rings. The van der Waals surface area contributed by atoms with Gasteiger partial charge in [0.2, 0.25) is 0 Å². The van der Waals surface area contributed by atoms with Crippen LogP contribution in [0.5, 0.6) is 0 Å². The van der Waals surface area contributed by atoms with Crippen LogP contribution in [0.25, 0.3) is 0 Å². The Morgan fingerprint density at radius 3 is 3.06 bits per heavy atom. The summed E-state index contributed by atoms with van der Waals surface area (Å²) in [5.41, 5.74) is 5.33. The molecule has 0 aliphatic carbocycles. The van der Waals surface area contributed by atoms with Gasteiger partial charge in [0, 0.05) is 6.54 Å². The SMILES string of the molecule is CCCn1c(Sc2ncnc(N)c2Cl)n[nH]c1=O. The number of aromatic amines is 1. The van der Waals surface area contributed by atoms with Crippen molar-refractivity contribution in [3.05, 3.63) is 21.8 Å². The van der Waals surface area contributed by atoms with E-state index >= 15 is 0 Å². The fourth-order valence-corrected chi connectivity index (χ4v) is 2.38. The number of anilines is 1. The summed E-state index contributed by atoms with van der Waals surface area (Å²) < 4.78 is 1.53. The molecular weight excluding hydrogens is 276 g/mol. The third-order valence-electron chi connectivity index (χ3n) is 2.14. The van der Waals surface area contributed by atoms with E-state index in [0.717, 1.165) is 6.42 Å². The van der Waals surface area contributed by atoms with Gasteiger partial charge in [0.1, 0.15) is 22.2 Å². The molecule has 0 amide bonds. The second-order valence-electron chi connectivity index (χ2n) is 3.44. The Morgan fingerprint density at radius 2 is 2.33 bits per heavy atom. The molecule has 2 aromatic rings. The number of hydrogen-bond donors (Lipinski definition) is 2. The Balaban J connectivity index is 2.34. The molecule has 0 aliphatic heterocycles. The van der Waals surface area contributed by atoms with Gasteiger partial charge in [-0.15, -0.1) is 5.10 Å². The predicted molar refractivity (Wildman–Crippen MR) is 68.7 cm³/mol. The molecule has 2 aromatic heterocycles. The first-order chi connectivity index (χ1) is 8.63. The van der Waals surface area contributed by atoms with Crippen molar-refractivity contribution in [3.63, 3.8) is 0 Å². The molecule has 2 heterocycles. The Labute approximate surface area is 112 Å². The van der Waals surface area contributed by atoms with Crippen molar-refractivity contribution in [2.75, 3.05) is 5.73 Å². The van der Waals surface area contributed by atoms with Crippen LogP contribution in [-0.2, 0) is 6.54 Å². The molecule has 7 nitrogen and oxygen atoms in total. The monoisotopic (exact) mass is 286 g/mol. The van der Waals surface area contributed by atoms with Gasteiger partial charge in [-0.1, -0.05) is 18.5 Å². The topological polar surface area (TPSA) is 102 Å². The number of aromatic nitrogens is 5. The number of halogens is 1. The zero-order chi connectivity index (χ0) is 13.1. The number of H-pyrrole nitrogens is 1. The van der Waals surface area contributed by atoms with Crippen molar-refractivity contribution in [2.24, 2.45) is 0 Å². The number of nitrogens with two attached hydrogens (primary N) is 1. The fourth-order valence-electron chi connectivity index (χ4n) is 1.33. The molecule has 0 saturated carbocycles. The molecule has 0 bridgehead atoms. The lowest BCUT2D eigenvalue weighted by molar-refractivity contribution is 0.603. The van der Waals surface area contributed by atoms with E-state index in [1.807, 2.05) is 6.92 Å². The van der Waals surface area contributed by atoms with Crippen LogP contribution in [0.4, 0.5) is 5.82 Å². The number of nitrogen functional groups attached to an aromatic ring is 1. The summed E-state index contributed by atoms with van der Waals surface area (Å²) in [4.78, 5) is 19.3. The van der Waals surface area contributed by atoms with Crippen LogP contribution in [0.1, 0.15) is 13.3 Å². The van der Waals surface area contributed by atoms with E-state index in [4.69, 9.17) is 17.3 Å². The highest BCUT2D eigenvalue weighted by molar-refractivity contribution is 7.99. The zero-order valence-corrected chi connectivity index (χ0v) is 11.1. The molecule has 0 radical (unpaired) electrons. The predicted octanol–water partition coefficient (Wildman–Crippen LogP) is 1.16. The summed E-state index contributed by atoms with van der Waals surface area (Å²) in [5, 5.41) is 7.56. The minimum absolute atomic E-state index is 0.203. The molecule has 96 valence electrons. The Bertz CT molecular complexity index is 609. The molecule has 9 heteroatoms. The molecule has 0 atom stereocenters. The van der Waals surface area contributed by atoms with E-state index in [2.05, 4.69) is 20.2 Å². The van der Waals surface area contributed by atoms with Crippen LogP contribution in [-0.4, -0.2) is 24.7 Å². The molecule has 0 unspecified atom stereocenters. The fraction of sp³-hybridized carbons (Fsp3) is 0.333. The first-order valence-corrected chi connectivity index (χ1v) is 6.42. The zero-order valence-electron chi connectivity index (χ0n) is 9.55. The number of rotatable bonds is 4. The normalized spacial score (nSPS) is 10.8. The van der Waals surface area contributed by atoms with Crippen LogP contribution in [0.3, 0.4) is 0 Å². The second-order valence-corrected chi connectivity index (χ2v) is 4.78. The summed E-state index contributed by atoms with van der Waals surface area (Å²) in [6.45, 7) is 2.55. The highest BCUT2D eigenvalue weighted by atomic mass is 35.5. The van der Waals surface area contributed by atoms with Crippen LogP contribution < -0.4 is 11.4 Å². The standard InChI is InChI=1S/C9H11ClN6OS/c1-2-3-16-8(17)14-15-9(16)18-7-5(10)6(11)12-4-13-7/h4H,2-3H2,1H3,(H,14,17)(H2,11,12,13). The summed E-state index contributed by atoms with van der Waals surface area (Å²) in [5.74, 6) is 0.203. The van der Waals surface area contributed by atoms with Gasteiger partial charge in [-0.3, -0.25) is 4.57 Å². The Morgan fingerprint density at radius 1 is 1.56 bits per heavy atom. The maximum absolute atomic E-state index is 11.5. The van der Waals surface area contributed by atoms with Crippen molar-refractivity contribution in [1.29, 1.82) is 0 Å². The average molecular weight is 287 g/mol. The summed E-state index contributed by atoms with van der Waals surface area (Å²) in [6, 6.07) is 0. The third kappa shape index (κ3) is 2.49. The quantitative estimate of drug-likeness (QED) is 0.818. The van der Waals surface area contributed by atoms with Crippen LogP contribution in [0.2, 0.25) is 5.02 Å². The molecule has 3 N–H and O–H groups in total. The van der Waals surface area contributed by atoms with Gasteiger partial charge in [0.25, 0.3) is 0 Å². The van der Waals surface area contributed by atoms with E-state index in [9.17, 15) is 4.79 Å². The average Bonchev–Trinajstić information content (AvgIpc) is 2.68. The number of nitrogens with zero attached hydrogens (tertiary/aromatic N) is 4. The Hall–Kier alpha value is -1.54. The highest BCUT2D eigenvalue weighted by Gasteiger charge is 2.14. The molecule has 18 heavy (non-hydrogen) atoms. The molecule has 0 spiro atoms. The first-order valence-electron chi connectivity index (χ1n) is 5.22. The smallest absolute Gasteiger partial charge is 0.343 e. The van der Waals surface area contributed by atoms with Gasteiger partial charge in [0.05, 0.1) is 0 Å². The third-order valence-corrected chi connectivity index (χ3v) is 3.62. The van der Waals surface area contributed by atoms with Crippen molar-refractivity contribution < 1.29 is 0 Å². The molecule has 0 saturated heterocycles. The van der Waals surface area contributed by atoms with E-state index in [1.54, 1.807) is 0 Å². The largest absolute Gasteiger partial charge is 0.382 e. The van der Waals surface area contributed by atoms with Crippen LogP contribution in [0.15, 0.2) is 21.3 Å². The van der Waals surface area contributed by atoms with Gasteiger partial charge in [-0.05, 0) is 18.2 Å². The molecule has 0 aliphatic rings. The lowest BCUT2D eigenvalue weighted by Gasteiger charge is -2.05. The van der Waals surface area contributed by atoms with Gasteiger partial charge in [0.15, 0.2) is 5.16 Å². The van der Waals surface area contributed by atoms with E-state index in [1.165, 1.54) is 22.7 Å². The lowest BCUT2D eigenvalue weighted by atomic mass is 10.5. The van der Waals surface area contributed by atoms with Crippen molar-refractivity contribution in [3.8, 4) is 0 Å². The molecular formula is C9H11ClN6OS. The summed E-state index contributed by atoms with van der Waals surface area (Å²) in [7, 11) is 0. The van der Waals surface area contributed by atoms with E-state index in [-0.39, 0.29) is 16.5 Å². The maximum Gasteiger partial charge on any atom is 0.343 e. The van der Waals surface area contributed by atoms with Gasteiger partial charge >= 0.3 is 5.69 Å². The van der Waals surface area contributed by atoms with Gasteiger partial charge < -0.3 is 5.73 Å². The first kappa shape index (κ1) is 12.9. The van der Waals surface area contributed by atoms with Crippen molar-refractivity contribution in [1.82, 2.24) is 24.7 Å². The Kier molecular flexibility index (Phi) is 3.87. The maximum atomic E-state index is 11.5. The summed E-state index contributed by atoms with van der Waals surface area (Å²) in [6.07, 6.45) is 2.14. The molecule has 2 rings (SSSR count). The lowest BCUT2D eigenvalue weighted by Crippen LogP contribution is -2.17. The highest BCUT2D eigenvalue weighted by Crippen LogP contribution is 2.31. The minimum atomic E-state index is -0.252. The van der Waals surface area contributed by atoms with Crippen LogP contribution in [0, 0.1) is 0 Å². The van der Waals surface area contributed by atoms with Crippen molar-refractivity contribution >= 4 is 29.2 Å².